The number of anilines is 1. The summed E-state index contributed by atoms with van der Waals surface area (Å²) in [7, 11) is 3.12. The molecule has 1 amide bonds. The van der Waals surface area contributed by atoms with Crippen molar-refractivity contribution in [2.45, 2.75) is 18.6 Å². The molecule has 2 aromatic heterocycles. The summed E-state index contributed by atoms with van der Waals surface area (Å²) in [6.45, 7) is 2.83. The van der Waals surface area contributed by atoms with Gasteiger partial charge in [0.15, 0.2) is 5.65 Å². The summed E-state index contributed by atoms with van der Waals surface area (Å²) in [6.07, 6.45) is 0. The number of carbonyl (C=O) groups excluding carboxylic acids is 1. The van der Waals surface area contributed by atoms with Gasteiger partial charge in [-0.25, -0.2) is 4.98 Å². The van der Waals surface area contributed by atoms with Crippen LogP contribution in [0.5, 0.6) is 11.5 Å². The first-order valence-corrected chi connectivity index (χ1v) is 10.4. The topological polar surface area (TPSA) is 91.2 Å². The number of methoxy groups -OCH3 is 2. The fraction of sp³-hybridized carbons (Fsp3) is 0.238. The summed E-state index contributed by atoms with van der Waals surface area (Å²) in [4.78, 5) is 17.1. The number of nitrogens with zero attached hydrogens (tertiary/aromatic N) is 4. The van der Waals surface area contributed by atoms with Crippen LogP contribution in [0.4, 0.5) is 5.69 Å². The van der Waals surface area contributed by atoms with Gasteiger partial charge in [0.2, 0.25) is 11.1 Å². The lowest BCUT2D eigenvalue weighted by molar-refractivity contribution is -0.113. The minimum Gasteiger partial charge on any atom is -0.497 e. The van der Waals surface area contributed by atoms with Crippen molar-refractivity contribution < 1.29 is 14.3 Å². The number of amides is 1. The van der Waals surface area contributed by atoms with E-state index in [-0.39, 0.29) is 11.7 Å². The predicted molar refractivity (Wildman–Crippen MR) is 117 cm³/mol. The van der Waals surface area contributed by atoms with E-state index in [2.05, 4.69) is 32.0 Å². The number of aromatic nitrogens is 4. The Balaban J connectivity index is 1.52. The first kappa shape index (κ1) is 20.0. The van der Waals surface area contributed by atoms with Gasteiger partial charge < -0.3 is 19.4 Å². The molecule has 0 atom stereocenters. The fourth-order valence-corrected chi connectivity index (χ4v) is 3.88. The van der Waals surface area contributed by atoms with Crippen LogP contribution >= 0.6 is 11.8 Å². The molecular formula is C21H21N5O3S. The van der Waals surface area contributed by atoms with Crippen molar-refractivity contribution in [3.05, 3.63) is 42.5 Å². The van der Waals surface area contributed by atoms with Crippen molar-refractivity contribution in [3.63, 3.8) is 0 Å². The lowest BCUT2D eigenvalue weighted by Gasteiger charge is -2.11. The molecule has 2 heterocycles. The normalized spacial score (nSPS) is 11.0. The van der Waals surface area contributed by atoms with Gasteiger partial charge in [-0.3, -0.25) is 4.79 Å². The lowest BCUT2D eigenvalue weighted by Crippen LogP contribution is -2.15. The summed E-state index contributed by atoms with van der Waals surface area (Å²) >= 11 is 1.23. The Hall–Kier alpha value is -3.33. The Morgan fingerprint density at radius 2 is 1.97 bits per heavy atom. The van der Waals surface area contributed by atoms with Crippen molar-refractivity contribution in [2.75, 3.05) is 25.3 Å². The first-order valence-electron chi connectivity index (χ1n) is 9.41. The summed E-state index contributed by atoms with van der Waals surface area (Å²) in [5, 5.41) is 12.9. The second kappa shape index (κ2) is 8.58. The van der Waals surface area contributed by atoms with E-state index in [1.54, 1.807) is 32.4 Å². The molecule has 0 spiro atoms. The summed E-state index contributed by atoms with van der Waals surface area (Å²) < 4.78 is 12.6. The third-order valence-corrected chi connectivity index (χ3v) is 5.52. The van der Waals surface area contributed by atoms with Crippen LogP contribution in [-0.4, -0.2) is 45.6 Å². The standard InChI is InChI=1S/C21H21N5O3S/c1-4-26-16-8-6-5-7-14(16)19-20(26)23-21(25-24-19)30-12-18(27)22-15-11-13(28-2)9-10-17(15)29-3/h5-11H,4,12H2,1-3H3,(H,22,27). The highest BCUT2D eigenvalue weighted by Crippen LogP contribution is 2.30. The Kier molecular flexibility index (Phi) is 5.71. The molecule has 0 unspecified atom stereocenters. The number of thioether (sulfide) groups is 1. The number of benzene rings is 2. The maximum absolute atomic E-state index is 12.5. The minimum atomic E-state index is -0.203. The van der Waals surface area contributed by atoms with Gasteiger partial charge in [-0.15, -0.1) is 10.2 Å². The smallest absolute Gasteiger partial charge is 0.234 e. The molecular weight excluding hydrogens is 402 g/mol. The van der Waals surface area contributed by atoms with Crippen LogP contribution in [0, 0.1) is 0 Å². The second-order valence-corrected chi connectivity index (χ2v) is 7.37. The highest BCUT2D eigenvalue weighted by molar-refractivity contribution is 7.99. The first-order chi connectivity index (χ1) is 14.6. The third-order valence-electron chi connectivity index (χ3n) is 4.68. The van der Waals surface area contributed by atoms with E-state index < -0.39 is 0 Å². The zero-order valence-corrected chi connectivity index (χ0v) is 17.7. The highest BCUT2D eigenvalue weighted by Gasteiger charge is 2.15. The Bertz CT molecular complexity index is 1220. The molecule has 0 aliphatic carbocycles. The number of hydrogen-bond acceptors (Lipinski definition) is 7. The fourth-order valence-electron chi connectivity index (χ4n) is 3.30. The molecule has 0 saturated carbocycles. The van der Waals surface area contributed by atoms with Gasteiger partial charge >= 0.3 is 0 Å². The van der Waals surface area contributed by atoms with Gasteiger partial charge in [-0.2, -0.15) is 0 Å². The molecule has 0 saturated heterocycles. The van der Waals surface area contributed by atoms with Crippen molar-refractivity contribution in [3.8, 4) is 11.5 Å². The van der Waals surface area contributed by atoms with Gasteiger partial charge in [0.1, 0.15) is 17.0 Å². The van der Waals surface area contributed by atoms with E-state index >= 15 is 0 Å². The molecule has 0 radical (unpaired) electrons. The number of hydrogen-bond donors (Lipinski definition) is 1. The molecule has 0 bridgehead atoms. The SMILES string of the molecule is CCn1c2ccccc2c2nnc(SCC(=O)Nc3cc(OC)ccc3OC)nc21. The number of ether oxygens (including phenoxy) is 2. The molecule has 4 rings (SSSR count). The quantitative estimate of drug-likeness (QED) is 0.453. The molecule has 0 fully saturated rings. The Morgan fingerprint density at radius 3 is 2.73 bits per heavy atom. The molecule has 0 aliphatic heterocycles. The molecule has 30 heavy (non-hydrogen) atoms. The van der Waals surface area contributed by atoms with E-state index in [0.717, 1.165) is 28.6 Å². The minimum absolute atomic E-state index is 0.139. The largest absolute Gasteiger partial charge is 0.497 e. The highest BCUT2D eigenvalue weighted by atomic mass is 32.2. The molecule has 2 aromatic carbocycles. The van der Waals surface area contributed by atoms with E-state index in [1.165, 1.54) is 11.8 Å². The average Bonchev–Trinajstić information content (AvgIpc) is 3.10. The van der Waals surface area contributed by atoms with Crippen molar-refractivity contribution in [1.82, 2.24) is 19.7 Å². The number of fused-ring (bicyclic) bond motifs is 3. The van der Waals surface area contributed by atoms with E-state index in [9.17, 15) is 4.79 Å². The van der Waals surface area contributed by atoms with Gasteiger partial charge in [-0.05, 0) is 25.1 Å². The maximum Gasteiger partial charge on any atom is 0.234 e. The Morgan fingerprint density at radius 1 is 1.13 bits per heavy atom. The summed E-state index contributed by atoms with van der Waals surface area (Å²) in [5.41, 5.74) is 3.15. The molecule has 8 nitrogen and oxygen atoms in total. The van der Waals surface area contributed by atoms with Gasteiger partial charge in [0.25, 0.3) is 0 Å². The Labute approximate surface area is 177 Å². The number of nitrogens with one attached hydrogen (secondary N) is 1. The van der Waals surface area contributed by atoms with E-state index in [1.807, 2.05) is 24.3 Å². The van der Waals surface area contributed by atoms with Crippen LogP contribution in [0.25, 0.3) is 22.1 Å². The molecule has 4 aromatic rings. The number of para-hydroxylation sites is 1. The maximum atomic E-state index is 12.5. The molecule has 0 aliphatic rings. The second-order valence-electron chi connectivity index (χ2n) is 6.43. The van der Waals surface area contributed by atoms with E-state index in [0.29, 0.717) is 22.3 Å². The van der Waals surface area contributed by atoms with E-state index in [4.69, 9.17) is 9.47 Å². The van der Waals surface area contributed by atoms with Gasteiger partial charge in [-0.1, -0.05) is 30.0 Å². The lowest BCUT2D eigenvalue weighted by atomic mass is 10.2. The predicted octanol–water partition coefficient (Wildman–Crippen LogP) is 3.75. The zero-order chi connectivity index (χ0) is 21.1. The number of aryl methyl sites for hydroxylation is 1. The van der Waals surface area contributed by atoms with Crippen LogP contribution in [-0.2, 0) is 11.3 Å². The summed E-state index contributed by atoms with van der Waals surface area (Å²) in [6, 6.07) is 13.3. The van der Waals surface area contributed by atoms with Gasteiger partial charge in [0.05, 0.1) is 31.2 Å². The molecule has 1 N–H and O–H groups in total. The third kappa shape index (κ3) is 3.76. The van der Waals surface area contributed by atoms with Crippen LogP contribution in [0.15, 0.2) is 47.6 Å². The number of carbonyl (C=O) groups is 1. The van der Waals surface area contributed by atoms with Crippen LogP contribution < -0.4 is 14.8 Å². The van der Waals surface area contributed by atoms with Crippen LogP contribution in [0.3, 0.4) is 0 Å². The molecule has 9 heteroatoms. The zero-order valence-electron chi connectivity index (χ0n) is 16.9. The summed E-state index contributed by atoms with van der Waals surface area (Å²) in [5.74, 6) is 1.12. The van der Waals surface area contributed by atoms with Crippen LogP contribution in [0.1, 0.15) is 6.92 Å². The van der Waals surface area contributed by atoms with Crippen molar-refractivity contribution >= 4 is 45.4 Å². The average molecular weight is 423 g/mol. The van der Waals surface area contributed by atoms with Crippen molar-refractivity contribution in [1.29, 1.82) is 0 Å². The molecule has 154 valence electrons. The monoisotopic (exact) mass is 423 g/mol. The van der Waals surface area contributed by atoms with Crippen LogP contribution in [0.2, 0.25) is 0 Å². The van der Waals surface area contributed by atoms with Gasteiger partial charge in [0, 0.05) is 18.0 Å². The number of rotatable bonds is 7. The van der Waals surface area contributed by atoms with Crippen molar-refractivity contribution in [2.24, 2.45) is 0 Å².